The Morgan fingerprint density at radius 1 is 1.23 bits per heavy atom. The number of nitrogens with zero attached hydrogens (tertiary/aromatic N) is 5. The molecule has 3 aromatic heterocycles. The number of carbonyl (C=O) groups excluding carboxylic acids is 1. The van der Waals surface area contributed by atoms with Crippen molar-refractivity contribution in [2.24, 2.45) is 0 Å². The Kier molecular flexibility index (Phi) is 7.61. The van der Waals surface area contributed by atoms with Gasteiger partial charge in [0.05, 0.1) is 47.5 Å². The number of hydrogen-bond acceptors (Lipinski definition) is 11. The van der Waals surface area contributed by atoms with E-state index in [1.54, 1.807) is 31.9 Å². The Morgan fingerprint density at radius 3 is 2.68 bits per heavy atom. The van der Waals surface area contributed by atoms with E-state index in [1.165, 1.54) is 0 Å². The first-order valence-corrected chi connectivity index (χ1v) is 15.0. The van der Waals surface area contributed by atoms with Crippen molar-refractivity contribution < 1.29 is 28.2 Å². The highest BCUT2D eigenvalue weighted by Gasteiger charge is 2.35. The number of aliphatic hydroxyl groups is 1. The Bertz CT molecular complexity index is 1850. The van der Waals surface area contributed by atoms with Crippen molar-refractivity contribution in [2.45, 2.75) is 71.6 Å². The number of aromatic nitrogens is 3. The quantitative estimate of drug-likeness (QED) is 0.278. The van der Waals surface area contributed by atoms with Crippen molar-refractivity contribution >= 4 is 49.4 Å². The van der Waals surface area contributed by atoms with Crippen LogP contribution in [0.5, 0.6) is 0 Å². The van der Waals surface area contributed by atoms with Crippen molar-refractivity contribution in [3.05, 3.63) is 40.7 Å². The molecule has 0 aliphatic carbocycles. The van der Waals surface area contributed by atoms with Crippen LogP contribution < -0.4 is 15.5 Å². The summed E-state index contributed by atoms with van der Waals surface area (Å²) < 4.78 is 42.9. The van der Waals surface area contributed by atoms with Crippen LogP contribution in [0.1, 0.15) is 51.3 Å². The van der Waals surface area contributed by atoms with Gasteiger partial charge in [0.15, 0.2) is 11.6 Å². The zero-order valence-corrected chi connectivity index (χ0v) is 25.6. The minimum atomic E-state index is -0.816. The lowest BCUT2D eigenvalue weighted by Crippen LogP contribution is -2.42. The van der Waals surface area contributed by atoms with Gasteiger partial charge in [-0.05, 0) is 31.9 Å². The maximum absolute atomic E-state index is 16.7. The highest BCUT2D eigenvalue weighted by atomic mass is 32.1. The summed E-state index contributed by atoms with van der Waals surface area (Å²) in [6.07, 6.45) is 1.05. The average molecular weight is 624 g/mol. The normalized spacial score (nSPS) is 18.3. The van der Waals surface area contributed by atoms with E-state index in [0.29, 0.717) is 23.1 Å². The molecule has 6 rings (SSSR count). The maximum atomic E-state index is 16.7. The van der Waals surface area contributed by atoms with Gasteiger partial charge in [-0.15, -0.1) is 11.3 Å². The smallest absolute Gasteiger partial charge is 0.412 e. The number of pyridine rings is 1. The SMILES string of the molecule is CC(C)N[C@H]1CN(c2ncc3c4c(c(-c5ncc(F)c6sc(NC(=O)OC(C)(C)C)c(C#N)c56)c(F)c3n2)COC4)C[C@H]1O. The maximum Gasteiger partial charge on any atom is 0.412 e. The molecule has 44 heavy (non-hydrogen) atoms. The number of thiophene rings is 1. The first-order chi connectivity index (χ1) is 20.9. The third-order valence-corrected chi connectivity index (χ3v) is 8.55. The van der Waals surface area contributed by atoms with Crippen LogP contribution in [0.2, 0.25) is 0 Å². The predicted octanol–water partition coefficient (Wildman–Crippen LogP) is 4.98. The van der Waals surface area contributed by atoms with Crippen molar-refractivity contribution in [1.29, 1.82) is 5.26 Å². The number of halogens is 2. The van der Waals surface area contributed by atoms with Gasteiger partial charge in [0.2, 0.25) is 5.95 Å². The van der Waals surface area contributed by atoms with Crippen LogP contribution >= 0.6 is 11.3 Å². The fourth-order valence-electron chi connectivity index (χ4n) is 5.70. The molecule has 4 aromatic rings. The van der Waals surface area contributed by atoms with Crippen molar-refractivity contribution in [2.75, 3.05) is 23.3 Å². The number of β-amino-alcohol motifs (C(OH)–C–C–N with tert-alkyl or cyclic N) is 1. The summed E-state index contributed by atoms with van der Waals surface area (Å²) in [6.45, 7) is 10.00. The molecule has 3 N–H and O–H groups in total. The molecule has 0 bridgehead atoms. The van der Waals surface area contributed by atoms with Crippen LogP contribution in [0.3, 0.4) is 0 Å². The summed E-state index contributed by atoms with van der Waals surface area (Å²) in [5.74, 6) is -1.19. The standard InChI is InChI=1S/C30H31F2N7O4S/c1-13(2)36-19-9-39(10-20(19)40)28-35-7-15-16-11-42-12-17(16)21(23(32)24(15)37-28)25-22-14(6-33)27(38-29(41)43-30(3,4)5)44-26(22)18(31)8-34-25/h7-8,13,19-20,36,40H,9-12H2,1-5H3,(H,38,41)/t19-,20+/m0/s1. The summed E-state index contributed by atoms with van der Waals surface area (Å²) in [6, 6.07) is 1.99. The van der Waals surface area contributed by atoms with Crippen LogP contribution in [0.4, 0.5) is 24.5 Å². The molecule has 0 unspecified atom stereocenters. The number of aliphatic hydroxyl groups excluding tert-OH is 1. The Balaban J connectivity index is 1.50. The number of benzene rings is 1. The monoisotopic (exact) mass is 623 g/mol. The Morgan fingerprint density at radius 2 is 1.98 bits per heavy atom. The fourth-order valence-corrected chi connectivity index (χ4v) is 6.73. The molecule has 1 aromatic carbocycles. The second kappa shape index (κ2) is 11.2. The van der Waals surface area contributed by atoms with Crippen LogP contribution in [0.15, 0.2) is 12.4 Å². The molecular weight excluding hydrogens is 592 g/mol. The molecule has 0 saturated carbocycles. The average Bonchev–Trinajstić information content (AvgIpc) is 3.66. The molecule has 11 nitrogen and oxygen atoms in total. The highest BCUT2D eigenvalue weighted by Crippen LogP contribution is 2.46. The number of rotatable bonds is 5. The number of anilines is 2. The van der Waals surface area contributed by atoms with Crippen LogP contribution in [-0.4, -0.2) is 63.0 Å². The van der Waals surface area contributed by atoms with Crippen molar-refractivity contribution in [1.82, 2.24) is 20.3 Å². The topological polar surface area (TPSA) is 146 Å². The summed E-state index contributed by atoms with van der Waals surface area (Å²) in [5.41, 5.74) is 0.390. The molecule has 1 fully saturated rings. The minimum absolute atomic E-state index is 0.0177. The van der Waals surface area contributed by atoms with E-state index in [1.807, 2.05) is 19.9 Å². The molecule has 5 heterocycles. The Hall–Kier alpha value is -4.03. The van der Waals surface area contributed by atoms with Gasteiger partial charge in [0, 0.05) is 41.7 Å². The van der Waals surface area contributed by atoms with Gasteiger partial charge >= 0.3 is 6.09 Å². The second-order valence-corrected chi connectivity index (χ2v) is 13.2. The number of fused-ring (bicyclic) bond motifs is 4. The first-order valence-electron chi connectivity index (χ1n) is 14.1. The van der Waals surface area contributed by atoms with Crippen molar-refractivity contribution in [3.8, 4) is 17.3 Å². The number of nitrogens with one attached hydrogen (secondary N) is 2. The zero-order valence-electron chi connectivity index (χ0n) is 24.8. The molecule has 0 spiro atoms. The van der Waals surface area contributed by atoms with Crippen molar-refractivity contribution in [3.63, 3.8) is 0 Å². The van der Waals surface area contributed by atoms with E-state index in [2.05, 4.69) is 25.6 Å². The lowest BCUT2D eigenvalue weighted by Gasteiger charge is -2.19. The largest absolute Gasteiger partial charge is 0.444 e. The van der Waals surface area contributed by atoms with Gasteiger partial charge in [-0.2, -0.15) is 5.26 Å². The summed E-state index contributed by atoms with van der Waals surface area (Å²) in [7, 11) is 0. The summed E-state index contributed by atoms with van der Waals surface area (Å²) in [5, 5.41) is 27.2. The molecule has 230 valence electrons. The van der Waals surface area contributed by atoms with Gasteiger partial charge in [-0.25, -0.2) is 23.5 Å². The molecule has 2 atom stereocenters. The van der Waals surface area contributed by atoms with Crippen LogP contribution in [0, 0.1) is 23.0 Å². The third kappa shape index (κ3) is 5.30. The number of ether oxygens (including phenoxy) is 2. The first kappa shape index (κ1) is 30.0. The lowest BCUT2D eigenvalue weighted by atomic mass is 9.94. The summed E-state index contributed by atoms with van der Waals surface area (Å²) >= 11 is 0.840. The van der Waals surface area contributed by atoms with Gasteiger partial charge in [-0.1, -0.05) is 13.8 Å². The lowest BCUT2D eigenvalue weighted by molar-refractivity contribution is 0.0636. The molecule has 0 radical (unpaired) electrons. The molecule has 2 aliphatic heterocycles. The van der Waals surface area contributed by atoms with Crippen LogP contribution in [0.25, 0.3) is 32.2 Å². The minimum Gasteiger partial charge on any atom is -0.444 e. The molecule has 2 aliphatic rings. The van der Waals surface area contributed by atoms with Gasteiger partial charge in [0.1, 0.15) is 22.2 Å². The molecule has 1 amide bonds. The van der Waals surface area contributed by atoms with Gasteiger partial charge in [-0.3, -0.25) is 10.3 Å². The fraction of sp³-hybridized carbons (Fsp3) is 0.433. The van der Waals surface area contributed by atoms with Crippen LogP contribution in [-0.2, 0) is 22.7 Å². The zero-order chi connectivity index (χ0) is 31.5. The predicted molar refractivity (Wildman–Crippen MR) is 161 cm³/mol. The third-order valence-electron chi connectivity index (χ3n) is 7.44. The van der Waals surface area contributed by atoms with Gasteiger partial charge < -0.3 is 24.8 Å². The number of nitriles is 1. The highest BCUT2D eigenvalue weighted by molar-refractivity contribution is 7.23. The van der Waals surface area contributed by atoms with E-state index >= 15 is 8.78 Å². The summed E-state index contributed by atoms with van der Waals surface area (Å²) in [4.78, 5) is 27.7. The van der Waals surface area contributed by atoms with E-state index in [0.717, 1.165) is 17.5 Å². The van der Waals surface area contributed by atoms with E-state index in [9.17, 15) is 15.2 Å². The number of carbonyl (C=O) groups is 1. The molecule has 1 saturated heterocycles. The second-order valence-electron chi connectivity index (χ2n) is 12.2. The van der Waals surface area contributed by atoms with Gasteiger partial charge in [0.25, 0.3) is 0 Å². The van der Waals surface area contributed by atoms with E-state index in [-0.39, 0.29) is 75.2 Å². The molecule has 14 heteroatoms. The van der Waals surface area contributed by atoms with E-state index in [4.69, 9.17) is 9.47 Å². The number of amides is 1. The Labute approximate surface area is 255 Å². The number of hydrogen-bond donors (Lipinski definition) is 3. The van der Waals surface area contributed by atoms with E-state index < -0.39 is 29.4 Å². The molecular formula is C30H31F2N7O4S.